The van der Waals surface area contributed by atoms with Crippen LogP contribution in [0.1, 0.15) is 10.4 Å². The average Bonchev–Trinajstić information content (AvgIpc) is 3.23. The number of aromatic nitrogens is 2. The normalized spacial score (nSPS) is 13.7. The van der Waals surface area contributed by atoms with Crippen LogP contribution >= 0.6 is 35.6 Å². The first-order valence-electron chi connectivity index (χ1n) is 9.24. The molecule has 0 radical (unpaired) electrons. The van der Waals surface area contributed by atoms with Gasteiger partial charge in [0, 0.05) is 54.3 Å². The highest BCUT2D eigenvalue weighted by Crippen LogP contribution is 2.26. The number of carbonyl (C=O) groups is 1. The Morgan fingerprint density at radius 2 is 1.77 bits per heavy atom. The fourth-order valence-electron chi connectivity index (χ4n) is 3.48. The maximum absolute atomic E-state index is 13.0. The third-order valence-corrected chi connectivity index (χ3v) is 5.42. The van der Waals surface area contributed by atoms with Gasteiger partial charge in [-0.3, -0.25) is 9.36 Å². The predicted molar refractivity (Wildman–Crippen MR) is 122 cm³/mol. The molecule has 1 aliphatic heterocycles. The minimum Gasteiger partial charge on any atom is -0.496 e. The second-order valence-electron chi connectivity index (χ2n) is 6.70. The van der Waals surface area contributed by atoms with Crippen LogP contribution in [0.2, 0.25) is 10.0 Å². The molecular formula is C21H21Cl3N4O2. The summed E-state index contributed by atoms with van der Waals surface area (Å²) in [5.74, 6) is 1.28. The van der Waals surface area contributed by atoms with Crippen molar-refractivity contribution < 1.29 is 9.53 Å². The Balaban J connectivity index is 0.00000256. The number of piperazine rings is 1. The summed E-state index contributed by atoms with van der Waals surface area (Å²) in [5.41, 5.74) is 1.43. The Morgan fingerprint density at radius 1 is 1.03 bits per heavy atom. The van der Waals surface area contributed by atoms with Crippen molar-refractivity contribution in [1.29, 1.82) is 0 Å². The Labute approximate surface area is 191 Å². The summed E-state index contributed by atoms with van der Waals surface area (Å²) in [6.07, 6.45) is 3.68. The molecule has 30 heavy (non-hydrogen) atoms. The lowest BCUT2D eigenvalue weighted by atomic mass is 10.1. The molecule has 0 bridgehead atoms. The first-order chi connectivity index (χ1) is 14.1. The van der Waals surface area contributed by atoms with Crippen LogP contribution in [0.4, 0.5) is 5.95 Å². The number of amides is 1. The van der Waals surface area contributed by atoms with E-state index in [1.165, 1.54) is 0 Å². The Hall–Kier alpha value is -2.41. The first-order valence-corrected chi connectivity index (χ1v) is 9.99. The van der Waals surface area contributed by atoms with Gasteiger partial charge in [0.05, 0.1) is 12.7 Å². The van der Waals surface area contributed by atoms with E-state index in [4.69, 9.17) is 27.9 Å². The van der Waals surface area contributed by atoms with Gasteiger partial charge < -0.3 is 14.5 Å². The van der Waals surface area contributed by atoms with E-state index in [1.54, 1.807) is 31.5 Å². The van der Waals surface area contributed by atoms with Gasteiger partial charge in [0.2, 0.25) is 5.95 Å². The van der Waals surface area contributed by atoms with Gasteiger partial charge in [0.15, 0.2) is 0 Å². The van der Waals surface area contributed by atoms with Gasteiger partial charge in [-0.05, 0) is 36.4 Å². The van der Waals surface area contributed by atoms with Crippen molar-refractivity contribution in [3.63, 3.8) is 0 Å². The molecule has 1 fully saturated rings. The fraction of sp³-hybridized carbons (Fsp3) is 0.238. The summed E-state index contributed by atoms with van der Waals surface area (Å²) in [4.78, 5) is 21.5. The number of hydrogen-bond donors (Lipinski definition) is 0. The van der Waals surface area contributed by atoms with Gasteiger partial charge in [0.25, 0.3) is 5.91 Å². The quantitative estimate of drug-likeness (QED) is 0.564. The van der Waals surface area contributed by atoms with Crippen LogP contribution in [-0.4, -0.2) is 53.6 Å². The third-order valence-electron chi connectivity index (χ3n) is 4.95. The van der Waals surface area contributed by atoms with Crippen molar-refractivity contribution in [2.45, 2.75) is 0 Å². The topological polar surface area (TPSA) is 50.6 Å². The number of carbonyl (C=O) groups excluding carboxylic acids is 1. The molecule has 1 aromatic heterocycles. The van der Waals surface area contributed by atoms with E-state index >= 15 is 0 Å². The zero-order chi connectivity index (χ0) is 20.4. The molecule has 0 N–H and O–H groups in total. The van der Waals surface area contributed by atoms with E-state index in [9.17, 15) is 4.79 Å². The van der Waals surface area contributed by atoms with Crippen molar-refractivity contribution in [1.82, 2.24) is 14.5 Å². The lowest BCUT2D eigenvalue weighted by Crippen LogP contribution is -2.49. The summed E-state index contributed by atoms with van der Waals surface area (Å²) in [6.45, 7) is 2.51. The van der Waals surface area contributed by atoms with Gasteiger partial charge in [-0.2, -0.15) is 0 Å². The molecule has 0 aliphatic carbocycles. The molecule has 0 saturated carbocycles. The summed E-state index contributed by atoms with van der Waals surface area (Å²) in [5, 5.41) is 1.18. The van der Waals surface area contributed by atoms with Gasteiger partial charge in [0.1, 0.15) is 5.75 Å². The highest BCUT2D eigenvalue weighted by molar-refractivity contribution is 6.31. The van der Waals surface area contributed by atoms with E-state index in [0.29, 0.717) is 47.5 Å². The number of nitrogens with zero attached hydrogens (tertiary/aromatic N) is 4. The summed E-state index contributed by atoms with van der Waals surface area (Å²) >= 11 is 12.2. The fourth-order valence-corrected chi connectivity index (χ4v) is 3.84. The second kappa shape index (κ2) is 9.60. The smallest absolute Gasteiger partial charge is 0.257 e. The van der Waals surface area contributed by atoms with Crippen LogP contribution in [0, 0.1) is 0 Å². The molecule has 2 heterocycles. The second-order valence-corrected chi connectivity index (χ2v) is 7.57. The minimum atomic E-state index is -0.0813. The molecule has 2 aromatic carbocycles. The molecule has 0 atom stereocenters. The zero-order valence-corrected chi connectivity index (χ0v) is 18.6. The van der Waals surface area contributed by atoms with Crippen molar-refractivity contribution in [2.24, 2.45) is 0 Å². The van der Waals surface area contributed by atoms with Crippen molar-refractivity contribution in [3.05, 3.63) is 70.5 Å². The van der Waals surface area contributed by atoms with Gasteiger partial charge >= 0.3 is 0 Å². The molecule has 3 aromatic rings. The zero-order valence-electron chi connectivity index (χ0n) is 16.3. The molecule has 0 unspecified atom stereocenters. The maximum atomic E-state index is 13.0. The van der Waals surface area contributed by atoms with Crippen molar-refractivity contribution in [3.8, 4) is 11.4 Å². The highest BCUT2D eigenvalue weighted by atomic mass is 35.5. The number of benzene rings is 2. The van der Waals surface area contributed by atoms with E-state index in [2.05, 4.69) is 9.88 Å². The first kappa shape index (κ1) is 22.3. The number of methoxy groups -OCH3 is 1. The minimum absolute atomic E-state index is 0. The molecule has 0 spiro atoms. The largest absolute Gasteiger partial charge is 0.496 e. The van der Waals surface area contributed by atoms with E-state index in [0.717, 1.165) is 11.6 Å². The van der Waals surface area contributed by atoms with Crippen LogP contribution in [0.3, 0.4) is 0 Å². The summed E-state index contributed by atoms with van der Waals surface area (Å²) in [6, 6.07) is 12.7. The third kappa shape index (κ3) is 4.51. The highest BCUT2D eigenvalue weighted by Gasteiger charge is 2.26. The van der Waals surface area contributed by atoms with E-state index in [-0.39, 0.29) is 18.3 Å². The lowest BCUT2D eigenvalue weighted by molar-refractivity contribution is 0.0743. The SMILES string of the molecule is COc1ccc(Cl)cc1C(=O)N1CCN(c2nccn2-c2cccc(Cl)c2)CC1.Cl. The number of anilines is 1. The number of halogens is 3. The van der Waals surface area contributed by atoms with Crippen LogP contribution in [0.25, 0.3) is 5.69 Å². The van der Waals surface area contributed by atoms with Crippen LogP contribution in [0.5, 0.6) is 5.75 Å². The number of hydrogen-bond acceptors (Lipinski definition) is 4. The molecule has 6 nitrogen and oxygen atoms in total. The maximum Gasteiger partial charge on any atom is 0.257 e. The molecule has 9 heteroatoms. The average molecular weight is 468 g/mol. The number of rotatable bonds is 4. The molecule has 4 rings (SSSR count). The van der Waals surface area contributed by atoms with E-state index < -0.39 is 0 Å². The summed E-state index contributed by atoms with van der Waals surface area (Å²) < 4.78 is 7.33. The van der Waals surface area contributed by atoms with Gasteiger partial charge in [-0.25, -0.2) is 4.98 Å². The van der Waals surface area contributed by atoms with Crippen molar-refractivity contribution in [2.75, 3.05) is 38.2 Å². The van der Waals surface area contributed by atoms with Crippen LogP contribution in [0.15, 0.2) is 54.9 Å². The Kier molecular flexibility index (Phi) is 7.13. The molecule has 158 valence electrons. The Bertz CT molecular complexity index is 1030. The number of imidazole rings is 1. The molecular weight excluding hydrogens is 447 g/mol. The molecule has 1 aliphatic rings. The van der Waals surface area contributed by atoms with E-state index in [1.807, 2.05) is 39.9 Å². The van der Waals surface area contributed by atoms with Crippen LogP contribution < -0.4 is 9.64 Å². The van der Waals surface area contributed by atoms with Gasteiger partial charge in [-0.1, -0.05) is 29.3 Å². The van der Waals surface area contributed by atoms with Gasteiger partial charge in [-0.15, -0.1) is 12.4 Å². The lowest BCUT2D eigenvalue weighted by Gasteiger charge is -2.35. The standard InChI is InChI=1S/C21H20Cl2N4O2.ClH/c1-29-19-6-5-16(23)14-18(19)20(28)25-9-11-26(12-10-25)21-24-7-8-27(21)17-4-2-3-15(22)13-17;/h2-8,13-14H,9-12H2,1H3;1H. The predicted octanol–water partition coefficient (Wildman–Crippen LogP) is 4.57. The van der Waals surface area contributed by atoms with Crippen LogP contribution in [-0.2, 0) is 0 Å². The molecule has 1 amide bonds. The summed E-state index contributed by atoms with van der Waals surface area (Å²) in [7, 11) is 1.55. The Morgan fingerprint density at radius 3 is 2.47 bits per heavy atom. The monoisotopic (exact) mass is 466 g/mol. The van der Waals surface area contributed by atoms with Crippen molar-refractivity contribution >= 4 is 47.5 Å². The number of ether oxygens (including phenoxy) is 1. The molecule has 1 saturated heterocycles.